The van der Waals surface area contributed by atoms with Crippen molar-refractivity contribution < 1.29 is 47.8 Å². The minimum atomic E-state index is -0.427. The average molecular weight is 1060 g/mol. The van der Waals surface area contributed by atoms with Gasteiger partial charge in [-0.2, -0.15) is 0 Å². The molecule has 2 fully saturated rings. The minimum absolute atomic E-state index is 0.0781. The molecule has 4 aliphatic heterocycles. The third-order valence-corrected chi connectivity index (χ3v) is 13.8. The number of carbonyl (C=O) groups excluding carboxylic acids is 4. The Morgan fingerprint density at radius 3 is 1.39 bits per heavy atom. The zero-order chi connectivity index (χ0) is 53.2. The van der Waals surface area contributed by atoms with Gasteiger partial charge in [0.25, 0.3) is 11.8 Å². The standard InChI is InChI=1S/2C29H37ClN2O5/c2*1-4-16-35-24-12-6-9-17-36-29(34)27-21(2)18-22(3)28(30)25(27)19-23(11-10-13-24)31-37-20-26(33)32-14-7-5-8-15-32/h2*4,6,10-12,18,24H,1,5,7-9,13-17,19-20H2,2-3H3/b11-10+,12-6+,31-23+;11-10+,12-6+,31-23-. The van der Waals surface area contributed by atoms with Crippen LogP contribution < -0.4 is 0 Å². The van der Waals surface area contributed by atoms with E-state index in [1.165, 1.54) is 0 Å². The summed E-state index contributed by atoms with van der Waals surface area (Å²) in [5.41, 5.74) is 6.50. The number of rotatable bonds is 12. The molecule has 0 saturated carbocycles. The molecule has 2 amide bonds. The molecule has 4 heterocycles. The number of likely N-dealkylation sites (tertiary alicyclic amines) is 2. The van der Waals surface area contributed by atoms with Gasteiger partial charge in [-0.1, -0.05) is 94.3 Å². The number of hydrogen-bond donors (Lipinski definition) is 0. The lowest BCUT2D eigenvalue weighted by atomic mass is 9.94. The van der Waals surface area contributed by atoms with Crippen LogP contribution in [0.1, 0.15) is 118 Å². The highest BCUT2D eigenvalue weighted by molar-refractivity contribution is 6.33. The van der Waals surface area contributed by atoms with Gasteiger partial charge in [-0.05, 0) is 137 Å². The van der Waals surface area contributed by atoms with Crippen LogP contribution in [0.3, 0.4) is 0 Å². The largest absolute Gasteiger partial charge is 0.462 e. The maximum Gasteiger partial charge on any atom is 0.338 e. The van der Waals surface area contributed by atoms with Crippen LogP contribution in [0.5, 0.6) is 0 Å². The second-order valence-electron chi connectivity index (χ2n) is 18.6. The second-order valence-corrected chi connectivity index (χ2v) is 19.4. The molecule has 0 radical (unpaired) electrons. The van der Waals surface area contributed by atoms with E-state index in [0.29, 0.717) is 82.6 Å². The quantitative estimate of drug-likeness (QED) is 0.114. The zero-order valence-corrected chi connectivity index (χ0v) is 45.2. The number of cyclic esters (lactones) is 2. The first-order valence-corrected chi connectivity index (χ1v) is 26.5. The van der Waals surface area contributed by atoms with Crippen molar-refractivity contribution in [3.8, 4) is 0 Å². The van der Waals surface area contributed by atoms with Gasteiger partial charge in [0.1, 0.15) is 0 Å². The molecule has 2 atom stereocenters. The summed E-state index contributed by atoms with van der Waals surface area (Å²) in [5.74, 6) is -1.01. The molecule has 16 heteroatoms. The molecule has 74 heavy (non-hydrogen) atoms. The lowest BCUT2D eigenvalue weighted by molar-refractivity contribution is -0.137. The van der Waals surface area contributed by atoms with Crippen molar-refractivity contribution in [2.24, 2.45) is 10.3 Å². The van der Waals surface area contributed by atoms with Crippen LogP contribution in [0.4, 0.5) is 0 Å². The molecule has 0 N–H and O–H groups in total. The Labute approximate surface area is 447 Å². The van der Waals surface area contributed by atoms with Gasteiger partial charge in [-0.15, -0.1) is 13.2 Å². The molecule has 0 bridgehead atoms. The summed E-state index contributed by atoms with van der Waals surface area (Å²) < 4.78 is 22.8. The van der Waals surface area contributed by atoms with Crippen molar-refractivity contribution in [3.05, 3.63) is 141 Å². The van der Waals surface area contributed by atoms with E-state index in [1.54, 1.807) is 12.2 Å². The molecular formula is C58H74Cl2N4O10. The van der Waals surface area contributed by atoms with Crippen molar-refractivity contribution in [3.63, 3.8) is 0 Å². The van der Waals surface area contributed by atoms with Crippen molar-refractivity contribution >= 4 is 58.4 Å². The third-order valence-electron chi connectivity index (χ3n) is 12.7. The van der Waals surface area contributed by atoms with Gasteiger partial charge >= 0.3 is 11.9 Å². The lowest BCUT2D eigenvalue weighted by Gasteiger charge is -2.26. The van der Waals surface area contributed by atoms with E-state index in [2.05, 4.69) is 23.5 Å². The minimum Gasteiger partial charge on any atom is -0.462 e. The maximum absolute atomic E-state index is 13.1. The molecule has 2 saturated heterocycles. The van der Waals surface area contributed by atoms with Crippen LogP contribution >= 0.6 is 23.2 Å². The van der Waals surface area contributed by atoms with E-state index in [-0.39, 0.29) is 63.3 Å². The number of carbonyl (C=O) groups is 4. The van der Waals surface area contributed by atoms with E-state index in [0.717, 1.165) is 87.0 Å². The van der Waals surface area contributed by atoms with E-state index in [9.17, 15) is 19.2 Å². The van der Waals surface area contributed by atoms with E-state index in [4.69, 9.17) is 51.8 Å². The molecule has 4 aliphatic rings. The van der Waals surface area contributed by atoms with Crippen LogP contribution in [0, 0.1) is 27.7 Å². The summed E-state index contributed by atoms with van der Waals surface area (Å²) in [5, 5.41) is 9.57. The molecule has 2 aromatic rings. The number of hydrogen-bond acceptors (Lipinski definition) is 12. The van der Waals surface area contributed by atoms with Crippen LogP contribution in [0.25, 0.3) is 0 Å². The summed E-state index contributed by atoms with van der Waals surface area (Å²) >= 11 is 13.4. The summed E-state index contributed by atoms with van der Waals surface area (Å²) in [6.45, 7) is 19.0. The van der Waals surface area contributed by atoms with Gasteiger partial charge in [-0.3, -0.25) is 9.59 Å². The van der Waals surface area contributed by atoms with E-state index in [1.807, 2.05) is 98.2 Å². The van der Waals surface area contributed by atoms with Gasteiger partial charge < -0.3 is 38.4 Å². The maximum atomic E-state index is 13.1. The van der Waals surface area contributed by atoms with Crippen molar-refractivity contribution in [2.45, 2.75) is 117 Å². The number of piperidine rings is 2. The summed E-state index contributed by atoms with van der Waals surface area (Å²) in [4.78, 5) is 65.9. The summed E-state index contributed by atoms with van der Waals surface area (Å²) in [7, 11) is 0. The summed E-state index contributed by atoms with van der Waals surface area (Å²) in [6.07, 6.45) is 27.6. The van der Waals surface area contributed by atoms with E-state index >= 15 is 0 Å². The van der Waals surface area contributed by atoms with Gasteiger partial charge in [0.15, 0.2) is 13.2 Å². The molecule has 14 nitrogen and oxygen atoms in total. The molecular weight excluding hydrogens is 984 g/mol. The monoisotopic (exact) mass is 1060 g/mol. The fourth-order valence-corrected chi connectivity index (χ4v) is 9.38. The number of aryl methyl sites for hydroxylation is 4. The summed E-state index contributed by atoms with van der Waals surface area (Å²) in [6, 6.07) is 3.76. The first-order valence-electron chi connectivity index (χ1n) is 25.8. The Morgan fingerprint density at radius 1 is 0.622 bits per heavy atom. The molecule has 0 aromatic heterocycles. The number of fused-ring (bicyclic) bond motifs is 2. The number of oxime groups is 2. The topological polar surface area (TPSA) is 155 Å². The zero-order valence-electron chi connectivity index (χ0n) is 43.7. The predicted octanol–water partition coefficient (Wildman–Crippen LogP) is 11.0. The third kappa shape index (κ3) is 18.8. The molecule has 0 aliphatic carbocycles. The van der Waals surface area contributed by atoms with Gasteiger partial charge in [0, 0.05) is 49.1 Å². The molecule has 2 unspecified atom stereocenters. The molecule has 400 valence electrons. The lowest BCUT2D eigenvalue weighted by Crippen LogP contribution is -2.37. The van der Waals surface area contributed by atoms with Gasteiger partial charge in [-0.25, -0.2) is 9.59 Å². The Balaban J connectivity index is 0.000000274. The second kappa shape index (κ2) is 31.8. The molecule has 6 rings (SSSR count). The highest BCUT2D eigenvalue weighted by atomic mass is 35.5. The number of benzene rings is 2. The normalized spacial score (nSPS) is 21.9. The predicted molar refractivity (Wildman–Crippen MR) is 292 cm³/mol. The Kier molecular flexibility index (Phi) is 25.4. The fraction of sp³-hybridized carbons (Fsp3) is 0.483. The number of amides is 2. The Hall–Kier alpha value is -5.80. The highest BCUT2D eigenvalue weighted by Gasteiger charge is 2.25. The fourth-order valence-electron chi connectivity index (χ4n) is 8.95. The smallest absolute Gasteiger partial charge is 0.338 e. The Morgan fingerprint density at radius 2 is 1.01 bits per heavy atom. The number of ether oxygens (including phenoxy) is 4. The number of halogens is 2. The van der Waals surface area contributed by atoms with Crippen molar-refractivity contribution in [2.75, 3.05) is 65.8 Å². The Bertz CT molecular complexity index is 2280. The van der Waals surface area contributed by atoms with Crippen molar-refractivity contribution in [1.82, 2.24) is 9.80 Å². The number of allylic oxidation sites excluding steroid dienone is 2. The van der Waals surface area contributed by atoms with Crippen LogP contribution in [-0.2, 0) is 51.1 Å². The van der Waals surface area contributed by atoms with Crippen molar-refractivity contribution in [1.29, 1.82) is 0 Å². The van der Waals surface area contributed by atoms with Gasteiger partial charge in [0.2, 0.25) is 0 Å². The average Bonchev–Trinajstić information content (AvgIpc) is 3.39. The molecule has 0 spiro atoms. The highest BCUT2D eigenvalue weighted by Crippen LogP contribution is 2.31. The van der Waals surface area contributed by atoms with Crippen LogP contribution in [-0.4, -0.2) is 123 Å². The van der Waals surface area contributed by atoms with Crippen LogP contribution in [0.15, 0.2) is 96.4 Å². The number of esters is 2. The number of nitrogens with zero attached hydrogens (tertiary/aromatic N) is 4. The first kappa shape index (κ1) is 59.1. The van der Waals surface area contributed by atoms with Crippen LogP contribution in [0.2, 0.25) is 10.0 Å². The molecule has 2 aromatic carbocycles. The SMILES string of the molecule is C=CCOC1/C=C/CCOC(=O)c2c(C)cc(C)c(Cl)c2CC(=N/OCC(=O)N2CCCCC2)/C=C/C1.C=CCOC1/C=C/CCOC(=O)c2c(C)cc(C)c(Cl)c2CC(=N\OCC(=O)N2CCCCC2)/C=C/C1. The van der Waals surface area contributed by atoms with Gasteiger partial charge in [0.05, 0.1) is 61.2 Å². The van der Waals surface area contributed by atoms with E-state index < -0.39 is 11.9 Å². The first-order chi connectivity index (χ1) is 35.8.